The van der Waals surface area contributed by atoms with Crippen molar-refractivity contribution in [3.8, 4) is 5.75 Å². The zero-order chi connectivity index (χ0) is 19.3. The lowest BCUT2D eigenvalue weighted by atomic mass is 10.1. The fourth-order valence-corrected chi connectivity index (χ4v) is 2.27. The van der Waals surface area contributed by atoms with Crippen molar-refractivity contribution in [3.63, 3.8) is 0 Å². The summed E-state index contributed by atoms with van der Waals surface area (Å²) in [6.45, 7) is 3.46. The summed E-state index contributed by atoms with van der Waals surface area (Å²) in [7, 11) is 1.38. The lowest BCUT2D eigenvalue weighted by molar-refractivity contribution is -0.132. The molecule has 0 saturated carbocycles. The third-order valence-electron chi connectivity index (χ3n) is 3.78. The molecule has 0 aliphatic rings. The van der Waals surface area contributed by atoms with Crippen LogP contribution in [0.2, 0.25) is 0 Å². The van der Waals surface area contributed by atoms with Gasteiger partial charge in [0, 0.05) is 7.05 Å². The molecule has 0 aromatic heterocycles. The Hall–Kier alpha value is -2.96. The molecule has 0 fully saturated rings. The van der Waals surface area contributed by atoms with Crippen molar-refractivity contribution in [2.24, 2.45) is 0 Å². The van der Waals surface area contributed by atoms with Gasteiger partial charge in [-0.3, -0.25) is 9.59 Å². The summed E-state index contributed by atoms with van der Waals surface area (Å²) in [4.78, 5) is 24.5. The summed E-state index contributed by atoms with van der Waals surface area (Å²) in [5.41, 5.74) is 1.17. The summed E-state index contributed by atoms with van der Waals surface area (Å²) >= 11 is 0. The molecule has 2 N–H and O–H groups in total. The summed E-state index contributed by atoms with van der Waals surface area (Å²) in [6, 6.07) is 8.98. The minimum atomic E-state index is -1.17. The van der Waals surface area contributed by atoms with Crippen LogP contribution in [0, 0.1) is 18.6 Å². The highest BCUT2D eigenvalue weighted by Gasteiger charge is 2.26. The molecule has 0 spiro atoms. The first-order chi connectivity index (χ1) is 12.3. The molecular weight excluding hydrogens is 342 g/mol. The topological polar surface area (TPSA) is 67.4 Å². The van der Waals surface area contributed by atoms with Crippen molar-refractivity contribution in [2.45, 2.75) is 26.0 Å². The Kier molecular flexibility index (Phi) is 6.27. The number of rotatable bonds is 6. The molecule has 138 valence electrons. The first-order valence-electron chi connectivity index (χ1n) is 8.02. The lowest BCUT2D eigenvalue weighted by Crippen LogP contribution is -2.44. The van der Waals surface area contributed by atoms with Crippen molar-refractivity contribution in [1.29, 1.82) is 0 Å². The molecule has 0 aliphatic heterocycles. The van der Waals surface area contributed by atoms with E-state index < -0.39 is 35.6 Å². The molecule has 0 bridgehead atoms. The van der Waals surface area contributed by atoms with Crippen molar-refractivity contribution in [2.75, 3.05) is 7.05 Å². The highest BCUT2D eigenvalue weighted by atomic mass is 19.2. The zero-order valence-electron chi connectivity index (χ0n) is 14.7. The van der Waals surface area contributed by atoms with Crippen LogP contribution in [-0.2, 0) is 9.59 Å². The van der Waals surface area contributed by atoms with Gasteiger partial charge in [0.2, 0.25) is 5.91 Å². The molecule has 0 saturated heterocycles. The van der Waals surface area contributed by atoms with Crippen molar-refractivity contribution in [1.82, 2.24) is 10.6 Å². The predicted molar refractivity (Wildman–Crippen MR) is 92.6 cm³/mol. The molecular formula is C19H20F2N2O3. The average molecular weight is 362 g/mol. The predicted octanol–water partition coefficient (Wildman–Crippen LogP) is 2.64. The molecule has 2 aromatic carbocycles. The van der Waals surface area contributed by atoms with Gasteiger partial charge in [0.15, 0.2) is 17.7 Å². The molecule has 2 amide bonds. The number of halogens is 2. The lowest BCUT2D eigenvalue weighted by Gasteiger charge is -2.21. The fraction of sp³-hybridized carbons (Fsp3) is 0.263. The Bertz CT molecular complexity index is 794. The van der Waals surface area contributed by atoms with Gasteiger partial charge in [-0.05, 0) is 43.7 Å². The molecule has 7 heteroatoms. The third-order valence-corrected chi connectivity index (χ3v) is 3.78. The van der Waals surface area contributed by atoms with Gasteiger partial charge in [-0.15, -0.1) is 0 Å². The highest BCUT2D eigenvalue weighted by Crippen LogP contribution is 2.18. The molecule has 26 heavy (non-hydrogen) atoms. The molecule has 0 heterocycles. The standard InChI is InChI=1S/C19H20F2N2O3/c1-11-4-7-14(8-5-11)26-12(2)18(24)23-17(19(25)22-3)13-6-9-15(20)16(21)10-13/h4-10,12,17H,1-3H3,(H,22,25)(H,23,24). The summed E-state index contributed by atoms with van der Waals surface area (Å²) in [6.07, 6.45) is -0.893. The quantitative estimate of drug-likeness (QED) is 0.830. The monoisotopic (exact) mass is 362 g/mol. The maximum absolute atomic E-state index is 13.5. The van der Waals surface area contributed by atoms with Crippen LogP contribution in [0.3, 0.4) is 0 Å². The van der Waals surface area contributed by atoms with Crippen LogP contribution in [0.5, 0.6) is 5.75 Å². The van der Waals surface area contributed by atoms with Gasteiger partial charge >= 0.3 is 0 Å². The van der Waals surface area contributed by atoms with E-state index in [4.69, 9.17) is 4.74 Å². The Balaban J connectivity index is 2.13. The maximum atomic E-state index is 13.5. The Labute approximate surface area is 150 Å². The number of carbonyl (C=O) groups is 2. The normalized spacial score (nSPS) is 12.8. The molecule has 2 unspecified atom stereocenters. The SMILES string of the molecule is CNC(=O)C(NC(=O)C(C)Oc1ccc(C)cc1)c1ccc(F)c(F)c1. The van der Waals surface area contributed by atoms with E-state index in [2.05, 4.69) is 10.6 Å². The van der Waals surface area contributed by atoms with Crippen LogP contribution in [0.1, 0.15) is 24.1 Å². The van der Waals surface area contributed by atoms with Crippen LogP contribution in [-0.4, -0.2) is 25.0 Å². The molecule has 5 nitrogen and oxygen atoms in total. The highest BCUT2D eigenvalue weighted by molar-refractivity contribution is 5.90. The summed E-state index contributed by atoms with van der Waals surface area (Å²) in [5.74, 6) is -2.76. The Morgan fingerprint density at radius 1 is 1.00 bits per heavy atom. The maximum Gasteiger partial charge on any atom is 0.261 e. The van der Waals surface area contributed by atoms with Gasteiger partial charge in [0.25, 0.3) is 5.91 Å². The third kappa shape index (κ3) is 4.78. The van der Waals surface area contributed by atoms with Crippen molar-refractivity contribution < 1.29 is 23.1 Å². The number of hydrogen-bond donors (Lipinski definition) is 2. The van der Waals surface area contributed by atoms with Crippen LogP contribution in [0.25, 0.3) is 0 Å². The second-order valence-corrected chi connectivity index (χ2v) is 5.80. The van der Waals surface area contributed by atoms with Crippen LogP contribution < -0.4 is 15.4 Å². The minimum Gasteiger partial charge on any atom is -0.481 e. The number of carbonyl (C=O) groups excluding carboxylic acids is 2. The number of hydrogen-bond acceptors (Lipinski definition) is 3. The van der Waals surface area contributed by atoms with E-state index >= 15 is 0 Å². The summed E-state index contributed by atoms with van der Waals surface area (Å²) < 4.78 is 32.1. The van der Waals surface area contributed by atoms with Gasteiger partial charge in [-0.1, -0.05) is 23.8 Å². The average Bonchev–Trinajstić information content (AvgIpc) is 2.63. The van der Waals surface area contributed by atoms with E-state index in [1.807, 2.05) is 19.1 Å². The number of amides is 2. The first-order valence-corrected chi connectivity index (χ1v) is 8.02. The van der Waals surface area contributed by atoms with Gasteiger partial charge in [-0.25, -0.2) is 8.78 Å². The number of likely N-dealkylation sites (N-methyl/N-ethyl adjacent to an activating group) is 1. The fourth-order valence-electron chi connectivity index (χ4n) is 2.27. The number of nitrogens with one attached hydrogen (secondary N) is 2. The van der Waals surface area contributed by atoms with E-state index in [0.717, 1.165) is 17.7 Å². The molecule has 2 atom stereocenters. The number of ether oxygens (including phenoxy) is 1. The largest absolute Gasteiger partial charge is 0.481 e. The van der Waals surface area contributed by atoms with E-state index in [1.165, 1.54) is 20.0 Å². The smallest absolute Gasteiger partial charge is 0.261 e. The van der Waals surface area contributed by atoms with E-state index in [9.17, 15) is 18.4 Å². The minimum absolute atomic E-state index is 0.124. The van der Waals surface area contributed by atoms with Gasteiger partial charge in [-0.2, -0.15) is 0 Å². The van der Waals surface area contributed by atoms with E-state index in [0.29, 0.717) is 5.75 Å². The number of benzene rings is 2. The zero-order valence-corrected chi connectivity index (χ0v) is 14.7. The molecule has 0 aliphatic carbocycles. The Morgan fingerprint density at radius 3 is 2.23 bits per heavy atom. The van der Waals surface area contributed by atoms with Crippen LogP contribution in [0.15, 0.2) is 42.5 Å². The van der Waals surface area contributed by atoms with Gasteiger partial charge < -0.3 is 15.4 Å². The Morgan fingerprint density at radius 2 is 1.65 bits per heavy atom. The molecule has 0 radical (unpaired) electrons. The van der Waals surface area contributed by atoms with E-state index in [1.54, 1.807) is 12.1 Å². The van der Waals surface area contributed by atoms with E-state index in [-0.39, 0.29) is 5.56 Å². The van der Waals surface area contributed by atoms with Crippen molar-refractivity contribution >= 4 is 11.8 Å². The molecule has 2 aromatic rings. The van der Waals surface area contributed by atoms with Gasteiger partial charge in [0.05, 0.1) is 0 Å². The summed E-state index contributed by atoms with van der Waals surface area (Å²) in [5, 5.41) is 4.88. The second-order valence-electron chi connectivity index (χ2n) is 5.80. The first kappa shape index (κ1) is 19.4. The number of aryl methyl sites for hydroxylation is 1. The van der Waals surface area contributed by atoms with Crippen LogP contribution in [0.4, 0.5) is 8.78 Å². The second kappa shape index (κ2) is 8.42. The van der Waals surface area contributed by atoms with Crippen molar-refractivity contribution in [3.05, 3.63) is 65.2 Å². The van der Waals surface area contributed by atoms with Gasteiger partial charge in [0.1, 0.15) is 11.8 Å². The molecule has 2 rings (SSSR count). The van der Waals surface area contributed by atoms with Crippen LogP contribution >= 0.6 is 0 Å².